The second-order valence-corrected chi connectivity index (χ2v) is 5.47. The molecule has 0 spiro atoms. The van der Waals surface area contributed by atoms with E-state index in [1.807, 2.05) is 24.8 Å². The minimum atomic E-state index is 0.0290. The van der Waals surface area contributed by atoms with Crippen molar-refractivity contribution in [2.45, 2.75) is 26.3 Å². The van der Waals surface area contributed by atoms with E-state index in [1.165, 1.54) is 11.1 Å². The number of nitrogens with zero attached hydrogens (tertiary/aromatic N) is 2. The van der Waals surface area contributed by atoms with E-state index in [0.717, 1.165) is 28.8 Å². The molecule has 3 rings (SSSR count). The number of benzene rings is 1. The fourth-order valence-electron chi connectivity index (χ4n) is 2.85. The highest BCUT2D eigenvalue weighted by molar-refractivity contribution is 5.79. The fraction of sp³-hybridized carbons (Fsp3) is 0.353. The molecule has 3 aromatic rings. The van der Waals surface area contributed by atoms with Gasteiger partial charge >= 0.3 is 0 Å². The Labute approximate surface area is 124 Å². The number of nitrogens with one attached hydrogen (secondary N) is 1. The highest BCUT2D eigenvalue weighted by atomic mass is 16.3. The van der Waals surface area contributed by atoms with E-state index >= 15 is 0 Å². The molecule has 1 N–H and O–H groups in total. The number of aromatic nitrogens is 2. The van der Waals surface area contributed by atoms with Crippen LogP contribution in [0.2, 0.25) is 0 Å². The van der Waals surface area contributed by atoms with Crippen LogP contribution in [0.15, 0.2) is 34.9 Å². The lowest BCUT2D eigenvalue weighted by Gasteiger charge is -2.13. The predicted octanol–water partition coefficient (Wildman–Crippen LogP) is 3.35. The Balaban J connectivity index is 2.08. The molecular formula is C17H21N3O. The van der Waals surface area contributed by atoms with Crippen LogP contribution in [0.4, 0.5) is 0 Å². The molecule has 1 atom stereocenters. The van der Waals surface area contributed by atoms with Gasteiger partial charge in [0.15, 0.2) is 0 Å². The van der Waals surface area contributed by atoms with Crippen LogP contribution in [-0.4, -0.2) is 16.8 Å². The second-order valence-electron chi connectivity index (χ2n) is 5.47. The van der Waals surface area contributed by atoms with Crippen LogP contribution >= 0.6 is 0 Å². The van der Waals surface area contributed by atoms with Crippen molar-refractivity contribution in [1.82, 2.24) is 15.1 Å². The van der Waals surface area contributed by atoms with Gasteiger partial charge in [-0.25, -0.2) is 0 Å². The highest BCUT2D eigenvalue weighted by Gasteiger charge is 2.21. The van der Waals surface area contributed by atoms with Gasteiger partial charge in [-0.2, -0.15) is 5.10 Å². The Hall–Kier alpha value is -2.07. The molecule has 110 valence electrons. The molecule has 0 aliphatic heterocycles. The maximum Gasteiger partial charge on any atom is 0.134 e. The Kier molecular flexibility index (Phi) is 3.55. The van der Waals surface area contributed by atoms with Crippen LogP contribution in [0.3, 0.4) is 0 Å². The number of fused-ring (bicyclic) bond motifs is 1. The number of hydrogen-bond donors (Lipinski definition) is 1. The molecule has 0 radical (unpaired) electrons. The van der Waals surface area contributed by atoms with Crippen molar-refractivity contribution in [1.29, 1.82) is 0 Å². The zero-order valence-corrected chi connectivity index (χ0v) is 13.0. The molecule has 1 aromatic carbocycles. The third-order valence-electron chi connectivity index (χ3n) is 3.85. The molecule has 4 nitrogen and oxygen atoms in total. The van der Waals surface area contributed by atoms with E-state index in [-0.39, 0.29) is 6.04 Å². The Bertz CT molecular complexity index is 770. The van der Waals surface area contributed by atoms with Gasteiger partial charge < -0.3 is 9.73 Å². The molecule has 2 aromatic heterocycles. The van der Waals surface area contributed by atoms with Crippen LogP contribution in [0.1, 0.15) is 35.5 Å². The van der Waals surface area contributed by atoms with E-state index < -0.39 is 0 Å². The van der Waals surface area contributed by atoms with E-state index in [2.05, 4.69) is 48.7 Å². The van der Waals surface area contributed by atoms with Gasteiger partial charge in [0.05, 0.1) is 11.7 Å². The quantitative estimate of drug-likeness (QED) is 0.798. The molecule has 0 aliphatic rings. The molecule has 0 bridgehead atoms. The Morgan fingerprint density at radius 3 is 2.86 bits per heavy atom. The first kappa shape index (κ1) is 13.9. The maximum absolute atomic E-state index is 6.04. The van der Waals surface area contributed by atoms with Gasteiger partial charge in [-0.3, -0.25) is 4.68 Å². The summed E-state index contributed by atoms with van der Waals surface area (Å²) >= 11 is 0. The first-order chi connectivity index (χ1) is 10.1. The van der Waals surface area contributed by atoms with Crippen molar-refractivity contribution in [3.63, 3.8) is 0 Å². The second kappa shape index (κ2) is 5.37. The van der Waals surface area contributed by atoms with Crippen LogP contribution in [-0.2, 0) is 13.5 Å². The van der Waals surface area contributed by atoms with E-state index in [1.54, 1.807) is 0 Å². The molecule has 0 saturated carbocycles. The summed E-state index contributed by atoms with van der Waals surface area (Å²) < 4.78 is 7.91. The van der Waals surface area contributed by atoms with Gasteiger partial charge in [-0.1, -0.05) is 18.6 Å². The maximum atomic E-state index is 6.04. The van der Waals surface area contributed by atoms with Crippen molar-refractivity contribution in [2.75, 3.05) is 7.05 Å². The zero-order valence-electron chi connectivity index (χ0n) is 13.0. The van der Waals surface area contributed by atoms with E-state index in [9.17, 15) is 0 Å². The molecular weight excluding hydrogens is 262 g/mol. The van der Waals surface area contributed by atoms with Crippen molar-refractivity contribution >= 4 is 11.0 Å². The minimum Gasteiger partial charge on any atom is -0.459 e. The lowest BCUT2D eigenvalue weighted by molar-refractivity contribution is 0.490. The van der Waals surface area contributed by atoms with Gasteiger partial charge in [0.25, 0.3) is 0 Å². The summed E-state index contributed by atoms with van der Waals surface area (Å²) in [6, 6.07) is 8.41. The minimum absolute atomic E-state index is 0.0290. The van der Waals surface area contributed by atoms with Gasteiger partial charge in [0.1, 0.15) is 11.3 Å². The summed E-state index contributed by atoms with van der Waals surface area (Å²) in [6.07, 6.45) is 2.98. The van der Waals surface area contributed by atoms with Crippen molar-refractivity contribution < 1.29 is 4.42 Å². The first-order valence-electron chi connectivity index (χ1n) is 7.32. The van der Waals surface area contributed by atoms with Crippen molar-refractivity contribution in [3.05, 3.63) is 53.0 Å². The van der Waals surface area contributed by atoms with Gasteiger partial charge in [0.2, 0.25) is 0 Å². The van der Waals surface area contributed by atoms with Gasteiger partial charge in [-0.15, -0.1) is 0 Å². The number of aryl methyl sites for hydroxylation is 3. The van der Waals surface area contributed by atoms with Crippen LogP contribution < -0.4 is 5.32 Å². The molecule has 0 fully saturated rings. The number of furan rings is 1. The summed E-state index contributed by atoms with van der Waals surface area (Å²) in [5, 5.41) is 9.02. The molecule has 0 aliphatic carbocycles. The van der Waals surface area contributed by atoms with Crippen LogP contribution in [0.5, 0.6) is 0 Å². The Morgan fingerprint density at radius 1 is 1.33 bits per heavy atom. The van der Waals surface area contributed by atoms with Crippen molar-refractivity contribution in [2.24, 2.45) is 7.05 Å². The average molecular weight is 283 g/mol. The molecule has 21 heavy (non-hydrogen) atoms. The monoisotopic (exact) mass is 283 g/mol. The third-order valence-corrected chi connectivity index (χ3v) is 3.85. The summed E-state index contributed by atoms with van der Waals surface area (Å²) in [4.78, 5) is 0. The van der Waals surface area contributed by atoms with E-state index in [0.29, 0.717) is 0 Å². The fourth-order valence-corrected chi connectivity index (χ4v) is 2.85. The van der Waals surface area contributed by atoms with Crippen LogP contribution in [0, 0.1) is 6.92 Å². The topological polar surface area (TPSA) is 43.0 Å². The summed E-state index contributed by atoms with van der Waals surface area (Å²) in [5.41, 5.74) is 4.45. The summed E-state index contributed by atoms with van der Waals surface area (Å²) in [7, 11) is 3.91. The largest absolute Gasteiger partial charge is 0.459 e. The molecule has 4 heteroatoms. The van der Waals surface area contributed by atoms with Gasteiger partial charge in [0, 0.05) is 24.2 Å². The van der Waals surface area contributed by atoms with Crippen LogP contribution in [0.25, 0.3) is 11.0 Å². The molecule has 0 saturated heterocycles. The lowest BCUT2D eigenvalue weighted by atomic mass is 10.0. The SMILES string of the molecule is CCc1nn(C)cc1C(NC)c1cc2cc(C)ccc2o1. The summed E-state index contributed by atoms with van der Waals surface area (Å²) in [6.45, 7) is 4.22. The smallest absolute Gasteiger partial charge is 0.134 e. The third kappa shape index (κ3) is 2.47. The highest BCUT2D eigenvalue weighted by Crippen LogP contribution is 2.30. The number of rotatable bonds is 4. The standard InChI is InChI=1S/C17H21N3O/c1-5-14-13(10-20(4)19-14)17(18-3)16-9-12-8-11(2)6-7-15(12)21-16/h6-10,17-18H,5H2,1-4H3. The van der Waals surface area contributed by atoms with E-state index in [4.69, 9.17) is 4.42 Å². The normalized spacial score (nSPS) is 13.0. The molecule has 0 amide bonds. The van der Waals surface area contributed by atoms with Gasteiger partial charge in [-0.05, 0) is 38.6 Å². The molecule has 2 heterocycles. The van der Waals surface area contributed by atoms with Crippen molar-refractivity contribution in [3.8, 4) is 0 Å². The zero-order chi connectivity index (χ0) is 15.0. The average Bonchev–Trinajstić information content (AvgIpc) is 3.03. The number of hydrogen-bond acceptors (Lipinski definition) is 3. The molecule has 1 unspecified atom stereocenters. The predicted molar refractivity (Wildman–Crippen MR) is 84.4 cm³/mol. The lowest BCUT2D eigenvalue weighted by Crippen LogP contribution is -2.17. The first-order valence-corrected chi connectivity index (χ1v) is 7.32. The Morgan fingerprint density at radius 2 is 2.14 bits per heavy atom. The summed E-state index contributed by atoms with van der Waals surface area (Å²) in [5.74, 6) is 0.931.